The first-order valence-electron chi connectivity index (χ1n) is 8.21. The van der Waals surface area contributed by atoms with Crippen molar-refractivity contribution < 1.29 is 14.3 Å². The number of hydrogen-bond donors (Lipinski definition) is 1. The Morgan fingerprint density at radius 3 is 2.58 bits per heavy atom. The molecule has 0 atom stereocenters. The van der Waals surface area contributed by atoms with E-state index in [-0.39, 0.29) is 11.8 Å². The van der Waals surface area contributed by atoms with Gasteiger partial charge in [0.05, 0.1) is 17.1 Å². The quantitative estimate of drug-likeness (QED) is 0.763. The van der Waals surface area contributed by atoms with E-state index in [0.29, 0.717) is 35.0 Å². The Bertz CT molecular complexity index is 936. The summed E-state index contributed by atoms with van der Waals surface area (Å²) in [5.41, 5.74) is 2.00. The van der Waals surface area contributed by atoms with Crippen molar-refractivity contribution in [2.24, 2.45) is 0 Å². The van der Waals surface area contributed by atoms with E-state index in [1.807, 2.05) is 35.7 Å². The number of para-hydroxylation sites is 2. The molecule has 0 saturated heterocycles. The van der Waals surface area contributed by atoms with Gasteiger partial charge in [0.25, 0.3) is 11.8 Å². The van der Waals surface area contributed by atoms with E-state index in [1.165, 1.54) is 11.3 Å². The van der Waals surface area contributed by atoms with Crippen LogP contribution < -0.4 is 15.0 Å². The van der Waals surface area contributed by atoms with Crippen molar-refractivity contribution >= 4 is 34.5 Å². The molecule has 3 aromatic rings. The van der Waals surface area contributed by atoms with Gasteiger partial charge in [-0.1, -0.05) is 18.2 Å². The molecule has 0 bridgehead atoms. The van der Waals surface area contributed by atoms with Gasteiger partial charge in [0, 0.05) is 11.3 Å². The smallest absolute Gasteiger partial charge is 0.265 e. The summed E-state index contributed by atoms with van der Waals surface area (Å²) < 4.78 is 5.60. The van der Waals surface area contributed by atoms with Gasteiger partial charge in [-0.2, -0.15) is 0 Å². The van der Waals surface area contributed by atoms with Gasteiger partial charge in [-0.05, 0) is 47.8 Å². The molecule has 1 aliphatic heterocycles. The summed E-state index contributed by atoms with van der Waals surface area (Å²) in [4.78, 5) is 27.3. The van der Waals surface area contributed by atoms with Crippen LogP contribution >= 0.6 is 11.3 Å². The standard InChI is InChI=1S/C20H16N2O3S/c23-19(18-6-3-13-26-18)21-15-9-7-14(8-10-15)20(24)22-11-12-25-17-5-2-1-4-16(17)22/h1-10,13H,11-12H2,(H,21,23). The number of nitrogens with one attached hydrogen (secondary N) is 1. The van der Waals surface area contributed by atoms with Crippen LogP contribution in [0.4, 0.5) is 11.4 Å². The number of benzene rings is 2. The molecule has 6 heteroatoms. The van der Waals surface area contributed by atoms with Crippen LogP contribution in [0, 0.1) is 0 Å². The molecular formula is C20H16N2O3S. The van der Waals surface area contributed by atoms with Gasteiger partial charge in [-0.25, -0.2) is 0 Å². The number of carbonyl (C=O) groups excluding carboxylic acids is 2. The summed E-state index contributed by atoms with van der Waals surface area (Å²) >= 11 is 1.39. The van der Waals surface area contributed by atoms with Crippen LogP contribution in [0.5, 0.6) is 5.75 Å². The Hall–Kier alpha value is -3.12. The Morgan fingerprint density at radius 1 is 1.00 bits per heavy atom. The molecule has 1 N–H and O–H groups in total. The lowest BCUT2D eigenvalue weighted by Gasteiger charge is -2.29. The van der Waals surface area contributed by atoms with Crippen LogP contribution in [0.25, 0.3) is 0 Å². The maximum Gasteiger partial charge on any atom is 0.265 e. The van der Waals surface area contributed by atoms with Gasteiger partial charge in [0.2, 0.25) is 0 Å². The number of thiophene rings is 1. The fourth-order valence-corrected chi connectivity index (χ4v) is 3.45. The van der Waals surface area contributed by atoms with E-state index in [0.717, 1.165) is 5.69 Å². The molecule has 0 saturated carbocycles. The Morgan fingerprint density at radius 2 is 1.81 bits per heavy atom. The second kappa shape index (κ2) is 7.01. The normalized spacial score (nSPS) is 12.8. The minimum absolute atomic E-state index is 0.0862. The molecule has 1 aliphatic rings. The van der Waals surface area contributed by atoms with E-state index >= 15 is 0 Å². The zero-order valence-corrected chi connectivity index (χ0v) is 14.7. The highest BCUT2D eigenvalue weighted by atomic mass is 32.1. The molecule has 5 nitrogen and oxygen atoms in total. The molecule has 0 unspecified atom stereocenters. The number of ether oxygens (including phenoxy) is 1. The zero-order valence-electron chi connectivity index (χ0n) is 13.8. The molecule has 4 rings (SSSR count). The molecule has 0 aliphatic carbocycles. The highest BCUT2D eigenvalue weighted by Crippen LogP contribution is 2.32. The lowest BCUT2D eigenvalue weighted by Crippen LogP contribution is -2.37. The number of amides is 2. The summed E-state index contributed by atoms with van der Waals surface area (Å²) in [6.45, 7) is 0.977. The number of fused-ring (bicyclic) bond motifs is 1. The molecule has 2 heterocycles. The Labute approximate surface area is 154 Å². The number of hydrogen-bond acceptors (Lipinski definition) is 4. The van der Waals surface area contributed by atoms with E-state index in [9.17, 15) is 9.59 Å². The molecule has 1 aromatic heterocycles. The van der Waals surface area contributed by atoms with Gasteiger partial charge in [0.1, 0.15) is 12.4 Å². The molecule has 26 heavy (non-hydrogen) atoms. The van der Waals surface area contributed by atoms with E-state index in [1.54, 1.807) is 35.2 Å². The van der Waals surface area contributed by atoms with Gasteiger partial charge >= 0.3 is 0 Å². The maximum absolute atomic E-state index is 12.9. The number of rotatable bonds is 3. The fraction of sp³-hybridized carbons (Fsp3) is 0.100. The lowest BCUT2D eigenvalue weighted by atomic mass is 10.1. The zero-order chi connectivity index (χ0) is 17.9. The molecule has 0 spiro atoms. The topological polar surface area (TPSA) is 58.6 Å². The van der Waals surface area contributed by atoms with Crippen LogP contribution in [0.15, 0.2) is 66.0 Å². The van der Waals surface area contributed by atoms with Crippen molar-refractivity contribution in [2.75, 3.05) is 23.4 Å². The van der Waals surface area contributed by atoms with Gasteiger partial charge in [0.15, 0.2) is 0 Å². The van der Waals surface area contributed by atoms with E-state index in [2.05, 4.69) is 5.32 Å². The summed E-state index contributed by atoms with van der Waals surface area (Å²) in [5.74, 6) is 0.477. The van der Waals surface area contributed by atoms with Crippen molar-refractivity contribution in [2.45, 2.75) is 0 Å². The van der Waals surface area contributed by atoms with Crippen molar-refractivity contribution in [1.29, 1.82) is 0 Å². The summed E-state index contributed by atoms with van der Waals surface area (Å²) in [5, 5.41) is 4.69. The monoisotopic (exact) mass is 364 g/mol. The molecule has 0 radical (unpaired) electrons. The lowest BCUT2D eigenvalue weighted by molar-refractivity contribution is 0.0976. The Balaban J connectivity index is 1.50. The molecule has 2 amide bonds. The van der Waals surface area contributed by atoms with Crippen molar-refractivity contribution in [1.82, 2.24) is 0 Å². The average molecular weight is 364 g/mol. The molecule has 2 aromatic carbocycles. The first kappa shape index (κ1) is 16.4. The largest absolute Gasteiger partial charge is 0.490 e. The predicted molar refractivity (Wildman–Crippen MR) is 102 cm³/mol. The van der Waals surface area contributed by atoms with Crippen LogP contribution in [0.3, 0.4) is 0 Å². The third-order valence-corrected chi connectivity index (χ3v) is 4.98. The van der Waals surface area contributed by atoms with Crippen molar-refractivity contribution in [3.63, 3.8) is 0 Å². The number of anilines is 2. The van der Waals surface area contributed by atoms with E-state index < -0.39 is 0 Å². The number of carbonyl (C=O) groups is 2. The van der Waals surface area contributed by atoms with Gasteiger partial charge in [-0.3, -0.25) is 9.59 Å². The highest BCUT2D eigenvalue weighted by Gasteiger charge is 2.24. The van der Waals surface area contributed by atoms with Crippen LogP contribution in [-0.4, -0.2) is 25.0 Å². The fourth-order valence-electron chi connectivity index (χ4n) is 2.83. The van der Waals surface area contributed by atoms with Gasteiger partial charge in [-0.15, -0.1) is 11.3 Å². The van der Waals surface area contributed by atoms with Crippen LogP contribution in [0.2, 0.25) is 0 Å². The third-order valence-electron chi connectivity index (χ3n) is 4.11. The summed E-state index contributed by atoms with van der Waals surface area (Å²) in [6, 6.07) is 18.1. The molecular weight excluding hydrogens is 348 g/mol. The third kappa shape index (κ3) is 3.19. The predicted octanol–water partition coefficient (Wildman–Crippen LogP) is 4.04. The minimum atomic E-state index is -0.152. The first-order valence-corrected chi connectivity index (χ1v) is 9.09. The first-order chi connectivity index (χ1) is 12.7. The highest BCUT2D eigenvalue weighted by molar-refractivity contribution is 7.12. The van der Waals surface area contributed by atoms with Crippen LogP contribution in [-0.2, 0) is 0 Å². The molecule has 0 fully saturated rings. The molecule has 130 valence electrons. The maximum atomic E-state index is 12.9. The van der Waals surface area contributed by atoms with Crippen molar-refractivity contribution in [3.8, 4) is 5.75 Å². The van der Waals surface area contributed by atoms with Crippen molar-refractivity contribution in [3.05, 3.63) is 76.5 Å². The number of nitrogens with zero attached hydrogens (tertiary/aromatic N) is 1. The Kier molecular flexibility index (Phi) is 4.41. The van der Waals surface area contributed by atoms with E-state index in [4.69, 9.17) is 4.74 Å². The minimum Gasteiger partial charge on any atom is -0.490 e. The summed E-state index contributed by atoms with van der Waals surface area (Å²) in [7, 11) is 0. The van der Waals surface area contributed by atoms with Gasteiger partial charge < -0.3 is 15.0 Å². The second-order valence-corrected chi connectivity index (χ2v) is 6.73. The second-order valence-electron chi connectivity index (χ2n) is 5.78. The average Bonchev–Trinajstić information content (AvgIpc) is 3.23. The summed E-state index contributed by atoms with van der Waals surface area (Å²) in [6.07, 6.45) is 0. The van der Waals surface area contributed by atoms with Crippen LogP contribution in [0.1, 0.15) is 20.0 Å². The SMILES string of the molecule is O=C(Nc1ccc(C(=O)N2CCOc3ccccc32)cc1)c1cccs1.